The van der Waals surface area contributed by atoms with Gasteiger partial charge < -0.3 is 19.4 Å². The van der Waals surface area contributed by atoms with Gasteiger partial charge in [-0.2, -0.15) is 0 Å². The minimum Gasteiger partial charge on any atom is -0.489 e. The molecule has 0 unspecified atom stereocenters. The smallest absolute Gasteiger partial charge is 0.289 e. The first-order valence-corrected chi connectivity index (χ1v) is 9.48. The van der Waals surface area contributed by atoms with Crippen LogP contribution in [0, 0.1) is 0 Å². The second kappa shape index (κ2) is 7.10. The van der Waals surface area contributed by atoms with E-state index in [0.717, 1.165) is 18.4 Å². The summed E-state index contributed by atoms with van der Waals surface area (Å²) in [5, 5.41) is 3.11. The minimum absolute atomic E-state index is 0.0465. The fourth-order valence-corrected chi connectivity index (χ4v) is 3.81. The van der Waals surface area contributed by atoms with E-state index < -0.39 is 0 Å². The molecule has 1 aromatic carbocycles. The van der Waals surface area contributed by atoms with Gasteiger partial charge in [0.05, 0.1) is 11.8 Å². The standard InChI is InChI=1S/C21H24N2O4/c1-13-14(2)27-19-16(13)5-3-6-17(19)20(24)22-15-8-10-23(11-9-15)21(25)18-7-4-12-26-18/h3-7,12-15H,8-11H2,1-2H3,(H,22,24)/t13-,14+/m1/s1. The van der Waals surface area contributed by atoms with E-state index in [2.05, 4.69) is 12.2 Å². The Hall–Kier alpha value is -2.76. The van der Waals surface area contributed by atoms with E-state index in [4.69, 9.17) is 9.15 Å². The number of furan rings is 1. The van der Waals surface area contributed by atoms with Gasteiger partial charge in [-0.15, -0.1) is 0 Å². The molecule has 1 fully saturated rings. The van der Waals surface area contributed by atoms with Gasteiger partial charge in [0.2, 0.25) is 0 Å². The third kappa shape index (κ3) is 3.31. The monoisotopic (exact) mass is 368 g/mol. The Bertz CT molecular complexity index is 838. The lowest BCUT2D eigenvalue weighted by atomic mass is 9.96. The van der Waals surface area contributed by atoms with Crippen LogP contribution in [-0.2, 0) is 0 Å². The number of rotatable bonds is 3. The molecule has 0 spiro atoms. The van der Waals surface area contributed by atoms with Crippen molar-refractivity contribution in [3.8, 4) is 5.75 Å². The van der Waals surface area contributed by atoms with Crippen LogP contribution in [0.25, 0.3) is 0 Å². The van der Waals surface area contributed by atoms with Gasteiger partial charge in [-0.3, -0.25) is 9.59 Å². The van der Waals surface area contributed by atoms with Crippen molar-refractivity contribution in [2.75, 3.05) is 13.1 Å². The van der Waals surface area contributed by atoms with Gasteiger partial charge in [-0.05, 0) is 38.0 Å². The quantitative estimate of drug-likeness (QED) is 0.903. The van der Waals surface area contributed by atoms with Gasteiger partial charge in [0.15, 0.2) is 5.76 Å². The van der Waals surface area contributed by atoms with Crippen molar-refractivity contribution < 1.29 is 18.7 Å². The largest absolute Gasteiger partial charge is 0.489 e. The summed E-state index contributed by atoms with van der Waals surface area (Å²) in [6, 6.07) is 9.19. The maximum absolute atomic E-state index is 12.8. The number of hydrogen-bond acceptors (Lipinski definition) is 4. The zero-order chi connectivity index (χ0) is 19.0. The summed E-state index contributed by atoms with van der Waals surface area (Å²) >= 11 is 0. The lowest BCUT2D eigenvalue weighted by molar-refractivity contribution is 0.0667. The van der Waals surface area contributed by atoms with Crippen LogP contribution in [0.4, 0.5) is 0 Å². The Morgan fingerprint density at radius 2 is 1.89 bits per heavy atom. The summed E-state index contributed by atoms with van der Waals surface area (Å²) in [6.45, 7) is 5.34. The van der Waals surface area contributed by atoms with E-state index in [1.165, 1.54) is 6.26 Å². The van der Waals surface area contributed by atoms with E-state index in [9.17, 15) is 9.59 Å². The van der Waals surface area contributed by atoms with E-state index in [0.29, 0.717) is 30.2 Å². The maximum Gasteiger partial charge on any atom is 0.289 e. The minimum atomic E-state index is -0.107. The number of benzene rings is 1. The first-order chi connectivity index (χ1) is 13.0. The van der Waals surface area contributed by atoms with E-state index in [1.807, 2.05) is 25.1 Å². The second-order valence-corrected chi connectivity index (χ2v) is 7.35. The van der Waals surface area contributed by atoms with Crippen LogP contribution >= 0.6 is 0 Å². The van der Waals surface area contributed by atoms with E-state index in [1.54, 1.807) is 17.0 Å². The number of para-hydroxylation sites is 1. The number of ether oxygens (including phenoxy) is 1. The molecule has 0 radical (unpaired) electrons. The van der Waals surface area contributed by atoms with Gasteiger partial charge in [-0.1, -0.05) is 19.1 Å². The van der Waals surface area contributed by atoms with Crippen molar-refractivity contribution >= 4 is 11.8 Å². The number of nitrogens with one attached hydrogen (secondary N) is 1. The average molecular weight is 368 g/mol. The normalized spacial score (nSPS) is 22.2. The predicted molar refractivity (Wildman–Crippen MR) is 100 cm³/mol. The van der Waals surface area contributed by atoms with E-state index >= 15 is 0 Å². The van der Waals surface area contributed by atoms with Crippen LogP contribution in [0.2, 0.25) is 0 Å². The molecule has 1 saturated heterocycles. The molecular formula is C21H24N2O4. The Balaban J connectivity index is 1.38. The molecule has 0 bridgehead atoms. The van der Waals surface area contributed by atoms with Crippen LogP contribution in [0.3, 0.4) is 0 Å². The molecule has 142 valence electrons. The lowest BCUT2D eigenvalue weighted by Gasteiger charge is -2.32. The number of carbonyl (C=O) groups is 2. The Kier molecular flexibility index (Phi) is 4.64. The Morgan fingerprint density at radius 3 is 2.59 bits per heavy atom. The van der Waals surface area contributed by atoms with Crippen LogP contribution < -0.4 is 10.1 Å². The molecule has 3 heterocycles. The first-order valence-electron chi connectivity index (χ1n) is 9.48. The molecule has 2 aliphatic heterocycles. The highest BCUT2D eigenvalue weighted by Gasteiger charge is 2.32. The highest BCUT2D eigenvalue weighted by molar-refractivity contribution is 5.98. The number of likely N-dealkylation sites (tertiary alicyclic amines) is 1. The van der Waals surface area contributed by atoms with Crippen molar-refractivity contribution in [2.45, 2.75) is 44.8 Å². The zero-order valence-corrected chi connectivity index (χ0v) is 15.6. The van der Waals surface area contributed by atoms with Crippen molar-refractivity contribution in [3.05, 3.63) is 53.5 Å². The molecule has 6 heteroatoms. The van der Waals surface area contributed by atoms with Crippen molar-refractivity contribution in [1.82, 2.24) is 10.2 Å². The Labute approximate surface area is 158 Å². The number of nitrogens with zero attached hydrogens (tertiary/aromatic N) is 1. The predicted octanol–water partition coefficient (Wildman–Crippen LogP) is 3.20. The molecule has 1 aromatic heterocycles. The number of amides is 2. The zero-order valence-electron chi connectivity index (χ0n) is 15.6. The molecule has 27 heavy (non-hydrogen) atoms. The van der Waals surface area contributed by atoms with Crippen LogP contribution in [0.15, 0.2) is 41.0 Å². The third-order valence-corrected chi connectivity index (χ3v) is 5.64. The van der Waals surface area contributed by atoms with Crippen molar-refractivity contribution in [2.24, 2.45) is 0 Å². The highest BCUT2D eigenvalue weighted by Crippen LogP contribution is 2.40. The topological polar surface area (TPSA) is 71.8 Å². The van der Waals surface area contributed by atoms with Crippen molar-refractivity contribution in [1.29, 1.82) is 0 Å². The number of fused-ring (bicyclic) bond motifs is 1. The molecular weight excluding hydrogens is 344 g/mol. The number of piperidine rings is 1. The number of hydrogen-bond donors (Lipinski definition) is 1. The van der Waals surface area contributed by atoms with Crippen LogP contribution in [0.5, 0.6) is 5.75 Å². The summed E-state index contributed by atoms with van der Waals surface area (Å²) in [5.41, 5.74) is 1.69. The summed E-state index contributed by atoms with van der Waals surface area (Å²) < 4.78 is 11.1. The average Bonchev–Trinajstić information content (AvgIpc) is 3.31. The Morgan fingerprint density at radius 1 is 1.11 bits per heavy atom. The SMILES string of the molecule is C[C@@H]1Oc2c(C(=O)NC3CCN(C(=O)c4ccco4)CC3)cccc2[C@@H]1C. The fourth-order valence-electron chi connectivity index (χ4n) is 3.81. The highest BCUT2D eigenvalue weighted by atomic mass is 16.5. The molecule has 6 nitrogen and oxygen atoms in total. The third-order valence-electron chi connectivity index (χ3n) is 5.64. The molecule has 2 amide bonds. The first kappa shape index (κ1) is 17.6. The number of carbonyl (C=O) groups excluding carboxylic acids is 2. The molecule has 0 saturated carbocycles. The molecule has 2 aliphatic rings. The molecule has 4 rings (SSSR count). The maximum atomic E-state index is 12.8. The van der Waals surface area contributed by atoms with Crippen molar-refractivity contribution in [3.63, 3.8) is 0 Å². The summed E-state index contributed by atoms with van der Waals surface area (Å²) in [4.78, 5) is 26.9. The fraction of sp³-hybridized carbons (Fsp3) is 0.429. The lowest BCUT2D eigenvalue weighted by Crippen LogP contribution is -2.46. The summed E-state index contributed by atoms with van der Waals surface area (Å²) in [6.07, 6.45) is 3.02. The molecule has 2 aromatic rings. The summed E-state index contributed by atoms with van der Waals surface area (Å²) in [5.74, 6) is 1.15. The van der Waals surface area contributed by atoms with Gasteiger partial charge in [0.25, 0.3) is 11.8 Å². The molecule has 0 aliphatic carbocycles. The molecule has 2 atom stereocenters. The van der Waals surface area contributed by atoms with Gasteiger partial charge >= 0.3 is 0 Å². The second-order valence-electron chi connectivity index (χ2n) is 7.35. The van der Waals surface area contributed by atoms with Gasteiger partial charge in [-0.25, -0.2) is 0 Å². The van der Waals surface area contributed by atoms with Gasteiger partial charge in [0, 0.05) is 30.6 Å². The molecule has 1 N–H and O–H groups in total. The van der Waals surface area contributed by atoms with Gasteiger partial charge in [0.1, 0.15) is 11.9 Å². The van der Waals surface area contributed by atoms with Crippen LogP contribution in [0.1, 0.15) is 59.1 Å². The van der Waals surface area contributed by atoms with Crippen LogP contribution in [-0.4, -0.2) is 41.9 Å². The van der Waals surface area contributed by atoms with E-state index in [-0.39, 0.29) is 29.9 Å². The summed E-state index contributed by atoms with van der Waals surface area (Å²) in [7, 11) is 0.